The van der Waals surface area contributed by atoms with Crippen molar-refractivity contribution < 1.29 is 13.2 Å². The fraction of sp³-hybridized carbons (Fsp3) is 0.130. The van der Waals surface area contributed by atoms with Crippen LogP contribution >= 0.6 is 11.6 Å². The Bertz CT molecular complexity index is 1230. The summed E-state index contributed by atoms with van der Waals surface area (Å²) >= 11 is 5.98. The molecule has 3 aromatic rings. The standard InChI is InChI=1S/C23H20ClN3O3S/c1-16(28)27-23(18-7-11-19(24)12-8-18)15-22(25-27)17-9-13-20(14-10-17)26-31(29,30)21-5-3-2-4-6-21/h2-14,23,26H,15H2,1H3. The van der Waals surface area contributed by atoms with Gasteiger partial charge in [0.05, 0.1) is 16.6 Å². The summed E-state index contributed by atoms with van der Waals surface area (Å²) in [6.07, 6.45) is 0.552. The molecule has 0 saturated heterocycles. The number of amides is 1. The first-order valence-corrected chi connectivity index (χ1v) is 11.5. The normalized spacial score (nSPS) is 16.1. The molecule has 0 saturated carbocycles. The monoisotopic (exact) mass is 453 g/mol. The van der Waals surface area contributed by atoms with E-state index < -0.39 is 10.0 Å². The number of anilines is 1. The Hall–Kier alpha value is -3.16. The highest BCUT2D eigenvalue weighted by Gasteiger charge is 2.31. The van der Waals surface area contributed by atoms with Crippen molar-refractivity contribution in [1.29, 1.82) is 0 Å². The van der Waals surface area contributed by atoms with Gasteiger partial charge in [-0.3, -0.25) is 9.52 Å². The molecular formula is C23H20ClN3O3S. The van der Waals surface area contributed by atoms with Gasteiger partial charge in [0.15, 0.2) is 0 Å². The van der Waals surface area contributed by atoms with Crippen LogP contribution in [0.2, 0.25) is 5.02 Å². The summed E-state index contributed by atoms with van der Waals surface area (Å²) in [7, 11) is -3.66. The quantitative estimate of drug-likeness (QED) is 0.600. The second kappa shape index (κ2) is 8.53. The van der Waals surface area contributed by atoms with E-state index in [-0.39, 0.29) is 16.8 Å². The van der Waals surface area contributed by atoms with Crippen molar-refractivity contribution >= 4 is 38.9 Å². The smallest absolute Gasteiger partial charge is 0.261 e. The molecule has 1 amide bonds. The number of nitrogens with one attached hydrogen (secondary N) is 1. The van der Waals surface area contributed by atoms with E-state index in [1.807, 2.05) is 12.1 Å². The third kappa shape index (κ3) is 4.62. The molecule has 1 N–H and O–H groups in total. The van der Waals surface area contributed by atoms with Gasteiger partial charge in [-0.25, -0.2) is 13.4 Å². The zero-order valence-corrected chi connectivity index (χ0v) is 18.3. The lowest BCUT2D eigenvalue weighted by Gasteiger charge is -2.20. The van der Waals surface area contributed by atoms with Crippen LogP contribution in [0.3, 0.4) is 0 Å². The van der Waals surface area contributed by atoms with E-state index >= 15 is 0 Å². The van der Waals surface area contributed by atoms with Gasteiger partial charge in [0.25, 0.3) is 10.0 Å². The summed E-state index contributed by atoms with van der Waals surface area (Å²) in [5, 5.41) is 6.63. The Morgan fingerprint density at radius 2 is 1.65 bits per heavy atom. The summed E-state index contributed by atoms with van der Waals surface area (Å²) in [6, 6.07) is 22.3. The fourth-order valence-electron chi connectivity index (χ4n) is 3.46. The molecule has 1 unspecified atom stereocenters. The minimum absolute atomic E-state index is 0.151. The summed E-state index contributed by atoms with van der Waals surface area (Å²) in [4.78, 5) is 12.3. The van der Waals surface area contributed by atoms with Crippen molar-refractivity contribution in [1.82, 2.24) is 5.01 Å². The highest BCUT2D eigenvalue weighted by molar-refractivity contribution is 7.92. The van der Waals surface area contributed by atoms with Gasteiger partial charge in [0.1, 0.15) is 0 Å². The summed E-state index contributed by atoms with van der Waals surface area (Å²) in [5.74, 6) is -0.151. The van der Waals surface area contributed by atoms with Gasteiger partial charge in [-0.05, 0) is 47.5 Å². The lowest BCUT2D eigenvalue weighted by atomic mass is 9.98. The van der Waals surface area contributed by atoms with E-state index in [0.717, 1.165) is 16.8 Å². The largest absolute Gasteiger partial charge is 0.280 e. The molecule has 0 aliphatic carbocycles. The maximum atomic E-state index is 12.5. The molecular weight excluding hydrogens is 434 g/mol. The Morgan fingerprint density at radius 3 is 2.26 bits per heavy atom. The van der Waals surface area contributed by atoms with Gasteiger partial charge in [0.2, 0.25) is 5.91 Å². The molecule has 8 heteroatoms. The molecule has 0 bridgehead atoms. The van der Waals surface area contributed by atoms with E-state index in [4.69, 9.17) is 11.6 Å². The van der Waals surface area contributed by atoms with E-state index in [2.05, 4.69) is 9.82 Å². The van der Waals surface area contributed by atoms with E-state index in [1.165, 1.54) is 24.1 Å². The molecule has 6 nitrogen and oxygen atoms in total. The zero-order chi connectivity index (χ0) is 22.0. The van der Waals surface area contributed by atoms with Crippen molar-refractivity contribution in [3.63, 3.8) is 0 Å². The first-order chi connectivity index (χ1) is 14.8. The van der Waals surface area contributed by atoms with Crippen LogP contribution in [-0.2, 0) is 14.8 Å². The maximum Gasteiger partial charge on any atom is 0.261 e. The molecule has 1 aliphatic rings. The minimum Gasteiger partial charge on any atom is -0.280 e. The van der Waals surface area contributed by atoms with Gasteiger partial charge < -0.3 is 0 Å². The number of halogens is 1. The zero-order valence-electron chi connectivity index (χ0n) is 16.7. The summed E-state index contributed by atoms with van der Waals surface area (Å²) < 4.78 is 27.6. The van der Waals surface area contributed by atoms with E-state index in [1.54, 1.807) is 54.6 Å². The van der Waals surface area contributed by atoms with E-state index in [0.29, 0.717) is 17.1 Å². The molecule has 158 valence electrons. The van der Waals surface area contributed by atoms with Crippen LogP contribution < -0.4 is 4.72 Å². The van der Waals surface area contributed by atoms with Crippen LogP contribution in [0.5, 0.6) is 0 Å². The molecule has 1 heterocycles. The third-order valence-electron chi connectivity index (χ3n) is 5.01. The van der Waals surface area contributed by atoms with Crippen LogP contribution in [0, 0.1) is 0 Å². The minimum atomic E-state index is -3.66. The van der Waals surface area contributed by atoms with Gasteiger partial charge >= 0.3 is 0 Å². The maximum absolute atomic E-state index is 12.5. The predicted molar refractivity (Wildman–Crippen MR) is 122 cm³/mol. The number of sulfonamides is 1. The Balaban J connectivity index is 1.54. The van der Waals surface area contributed by atoms with E-state index in [9.17, 15) is 13.2 Å². The van der Waals surface area contributed by atoms with Crippen molar-refractivity contribution in [3.05, 3.63) is 95.0 Å². The number of hydrogen-bond donors (Lipinski definition) is 1. The van der Waals surface area contributed by atoms with Crippen LogP contribution in [0.4, 0.5) is 5.69 Å². The topological polar surface area (TPSA) is 78.8 Å². The Kier molecular flexibility index (Phi) is 5.80. The number of benzene rings is 3. The molecule has 3 aromatic carbocycles. The molecule has 0 fully saturated rings. The SMILES string of the molecule is CC(=O)N1N=C(c2ccc(NS(=O)(=O)c3ccccc3)cc2)CC1c1ccc(Cl)cc1. The second-order valence-electron chi connectivity index (χ2n) is 7.18. The lowest BCUT2D eigenvalue weighted by molar-refractivity contribution is -0.130. The van der Waals surface area contributed by atoms with Crippen LogP contribution in [-0.4, -0.2) is 25.0 Å². The lowest BCUT2D eigenvalue weighted by Crippen LogP contribution is -2.24. The second-order valence-corrected chi connectivity index (χ2v) is 9.30. The molecule has 1 atom stereocenters. The van der Waals surface area contributed by atoms with Crippen LogP contribution in [0.25, 0.3) is 0 Å². The van der Waals surface area contributed by atoms with Crippen molar-refractivity contribution in [2.24, 2.45) is 5.10 Å². The average molecular weight is 454 g/mol. The molecule has 0 spiro atoms. The first-order valence-electron chi connectivity index (χ1n) is 9.64. The third-order valence-corrected chi connectivity index (χ3v) is 6.66. The average Bonchev–Trinajstić information content (AvgIpc) is 3.21. The predicted octanol–water partition coefficient (Wildman–Crippen LogP) is 4.84. The van der Waals surface area contributed by atoms with Gasteiger partial charge in [-0.15, -0.1) is 0 Å². The summed E-state index contributed by atoms with van der Waals surface area (Å²) in [5.41, 5.74) is 2.98. The number of carbonyl (C=O) groups excluding carboxylic acids is 1. The Labute approximate surface area is 186 Å². The molecule has 4 rings (SSSR count). The molecule has 0 radical (unpaired) electrons. The molecule has 0 aromatic heterocycles. The van der Waals surface area contributed by atoms with Gasteiger partial charge in [-0.1, -0.05) is 54.1 Å². The van der Waals surface area contributed by atoms with Crippen molar-refractivity contribution in [3.8, 4) is 0 Å². The van der Waals surface area contributed by atoms with Crippen molar-refractivity contribution in [2.45, 2.75) is 24.3 Å². The van der Waals surface area contributed by atoms with Crippen molar-refractivity contribution in [2.75, 3.05) is 4.72 Å². The fourth-order valence-corrected chi connectivity index (χ4v) is 4.67. The molecule has 31 heavy (non-hydrogen) atoms. The summed E-state index contributed by atoms with van der Waals surface area (Å²) in [6.45, 7) is 1.48. The first kappa shape index (κ1) is 21.1. The number of carbonyl (C=O) groups is 1. The van der Waals surface area contributed by atoms with Crippen LogP contribution in [0.15, 0.2) is 88.9 Å². The number of rotatable bonds is 5. The van der Waals surface area contributed by atoms with Gasteiger partial charge in [-0.2, -0.15) is 5.10 Å². The number of hydrazone groups is 1. The highest BCUT2D eigenvalue weighted by Crippen LogP contribution is 2.33. The molecule has 1 aliphatic heterocycles. The van der Waals surface area contributed by atoms with Crippen LogP contribution in [0.1, 0.15) is 30.5 Å². The Morgan fingerprint density at radius 1 is 1.00 bits per heavy atom. The van der Waals surface area contributed by atoms with Gasteiger partial charge in [0, 0.05) is 24.1 Å². The number of nitrogens with zero attached hydrogens (tertiary/aromatic N) is 2. The number of hydrogen-bond acceptors (Lipinski definition) is 4. The highest BCUT2D eigenvalue weighted by atomic mass is 35.5.